The molecule has 4 N–H and O–H groups in total. The fourth-order valence-electron chi connectivity index (χ4n) is 8.77. The lowest BCUT2D eigenvalue weighted by atomic mass is 9.93. The van der Waals surface area contributed by atoms with E-state index in [1.54, 1.807) is 58.3 Å². The van der Waals surface area contributed by atoms with Crippen molar-refractivity contribution >= 4 is 56.3 Å². The molecule has 0 radical (unpaired) electrons. The van der Waals surface area contributed by atoms with Crippen molar-refractivity contribution in [2.45, 2.75) is 114 Å². The van der Waals surface area contributed by atoms with Crippen LogP contribution < -0.4 is 20.1 Å². The molecular formula is C46H48N12O6. The Morgan fingerprint density at radius 1 is 0.609 bits per heavy atom. The molecule has 18 heteroatoms. The number of carbonyl (C=O) groups excluding carboxylic acids is 2. The van der Waals surface area contributed by atoms with Crippen molar-refractivity contribution in [1.82, 2.24) is 48.8 Å². The van der Waals surface area contributed by atoms with Gasteiger partial charge in [0.1, 0.15) is 22.9 Å². The predicted molar refractivity (Wildman–Crippen MR) is 236 cm³/mol. The molecule has 4 saturated carbocycles. The van der Waals surface area contributed by atoms with Crippen LogP contribution in [0.25, 0.3) is 33.1 Å². The minimum Gasteiger partial charge on any atom is -0.490 e. The lowest BCUT2D eigenvalue weighted by Crippen LogP contribution is -2.22. The maximum atomic E-state index is 13.3. The van der Waals surface area contributed by atoms with E-state index in [0.29, 0.717) is 58.1 Å². The summed E-state index contributed by atoms with van der Waals surface area (Å²) in [6.45, 7) is 0. The molecule has 4 aliphatic carbocycles. The molecule has 18 nitrogen and oxygen atoms in total. The third-order valence-corrected chi connectivity index (χ3v) is 12.4. The van der Waals surface area contributed by atoms with Crippen molar-refractivity contribution in [3.8, 4) is 11.5 Å². The first kappa shape index (κ1) is 39.9. The molecule has 6 aromatic heterocycles. The standard InChI is InChI=1S/2C23H24N6O3/c2*30-16-4-1-3-15(10-16)29-13-14-9-18(21(11-19(14)27-29)32-17-5-6-17)23(31)26-20-12-25-28-8-2-7-24-22(20)28/h2*2,7-9,11-13,15-17,30H,1,3-6,10H2,(H,26,31)/t15-,16+;15-,16-/m00/s1. The van der Waals surface area contributed by atoms with Gasteiger partial charge in [0.15, 0.2) is 11.3 Å². The third-order valence-electron chi connectivity index (χ3n) is 12.4. The van der Waals surface area contributed by atoms with E-state index in [2.05, 4.69) is 30.8 Å². The molecule has 0 aliphatic heterocycles. The summed E-state index contributed by atoms with van der Waals surface area (Å²) in [5.74, 6) is 0.527. The van der Waals surface area contributed by atoms with E-state index in [4.69, 9.17) is 19.7 Å². The van der Waals surface area contributed by atoms with Gasteiger partial charge in [-0.1, -0.05) is 0 Å². The predicted octanol–water partition coefficient (Wildman–Crippen LogP) is 6.70. The highest BCUT2D eigenvalue weighted by Crippen LogP contribution is 2.37. The number of aliphatic hydroxyl groups is 2. The van der Waals surface area contributed by atoms with E-state index in [-0.39, 0.29) is 48.3 Å². The lowest BCUT2D eigenvalue weighted by molar-refractivity contribution is 0.100. The molecular weight excluding hydrogens is 817 g/mol. The quantitative estimate of drug-likeness (QED) is 0.113. The van der Waals surface area contributed by atoms with Crippen molar-refractivity contribution in [2.75, 3.05) is 10.6 Å². The van der Waals surface area contributed by atoms with E-state index in [0.717, 1.165) is 86.0 Å². The van der Waals surface area contributed by atoms with E-state index in [1.165, 1.54) is 0 Å². The second kappa shape index (κ2) is 16.7. The molecule has 4 atom stereocenters. The van der Waals surface area contributed by atoms with Crippen LogP contribution in [-0.4, -0.2) is 95.2 Å². The molecule has 0 unspecified atom stereocenters. The van der Waals surface area contributed by atoms with Gasteiger partial charge < -0.3 is 30.3 Å². The van der Waals surface area contributed by atoms with Crippen molar-refractivity contribution in [3.05, 3.63) is 97.1 Å². The highest BCUT2D eigenvalue weighted by molar-refractivity contribution is 6.10. The molecule has 2 amide bonds. The number of rotatable bonds is 10. The summed E-state index contributed by atoms with van der Waals surface area (Å²) < 4.78 is 19.3. The van der Waals surface area contributed by atoms with Crippen LogP contribution in [0.2, 0.25) is 0 Å². The van der Waals surface area contributed by atoms with Gasteiger partial charge in [0.25, 0.3) is 11.8 Å². The third kappa shape index (κ3) is 8.33. The topological polar surface area (TPSA) is 213 Å². The molecule has 64 heavy (non-hydrogen) atoms. The first-order valence-electron chi connectivity index (χ1n) is 22.2. The van der Waals surface area contributed by atoms with Crippen LogP contribution in [0.5, 0.6) is 11.5 Å². The number of benzene rings is 2. The largest absolute Gasteiger partial charge is 0.490 e. The van der Waals surface area contributed by atoms with E-state index < -0.39 is 0 Å². The Hall–Kier alpha value is -6.92. The SMILES string of the molecule is O=C(Nc1cnn2cccnc12)c1cc2cn([C@H]3CCC[C@@H](O)C3)nc2cc1OC1CC1.O=C(Nc1cnn2cccnc12)c1cc2cn([C@H]3CCC[C@H](O)C3)nc2cc1OC1CC1. The number of hydrogen-bond acceptors (Lipinski definition) is 12. The van der Waals surface area contributed by atoms with Gasteiger partial charge in [0, 0.05) is 60.1 Å². The van der Waals surface area contributed by atoms with Gasteiger partial charge in [-0.05, 0) is 101 Å². The monoisotopic (exact) mass is 864 g/mol. The molecule has 4 aliphatic rings. The van der Waals surface area contributed by atoms with Crippen molar-refractivity contribution in [3.63, 3.8) is 0 Å². The van der Waals surface area contributed by atoms with Crippen LogP contribution >= 0.6 is 0 Å². The van der Waals surface area contributed by atoms with E-state index >= 15 is 0 Å². The van der Waals surface area contributed by atoms with Gasteiger partial charge in [0.2, 0.25) is 0 Å². The first-order chi connectivity index (χ1) is 31.3. The van der Waals surface area contributed by atoms with Crippen LogP contribution in [0, 0.1) is 0 Å². The molecule has 8 aromatic rings. The Kier molecular flexibility index (Phi) is 10.4. The number of nitrogens with one attached hydrogen (secondary N) is 2. The number of anilines is 2. The minimum absolute atomic E-state index is 0.147. The summed E-state index contributed by atoms with van der Waals surface area (Å²) >= 11 is 0. The van der Waals surface area contributed by atoms with Gasteiger partial charge in [-0.15, -0.1) is 0 Å². The van der Waals surface area contributed by atoms with Gasteiger partial charge in [-0.3, -0.25) is 19.0 Å². The van der Waals surface area contributed by atoms with Gasteiger partial charge in [-0.25, -0.2) is 19.0 Å². The molecule has 2 aromatic carbocycles. The molecule has 12 rings (SSSR count). The van der Waals surface area contributed by atoms with Gasteiger partial charge >= 0.3 is 0 Å². The maximum absolute atomic E-state index is 13.3. The van der Waals surface area contributed by atoms with E-state index in [9.17, 15) is 19.8 Å². The number of fused-ring (bicyclic) bond motifs is 4. The molecule has 4 fully saturated rings. The zero-order valence-electron chi connectivity index (χ0n) is 35.0. The summed E-state index contributed by atoms with van der Waals surface area (Å²) in [7, 11) is 0. The normalized spacial score (nSPS) is 21.2. The lowest BCUT2D eigenvalue weighted by Gasteiger charge is -2.25. The maximum Gasteiger partial charge on any atom is 0.259 e. The molecule has 328 valence electrons. The zero-order chi connectivity index (χ0) is 43.3. The number of carbonyl (C=O) groups is 2. The smallest absolute Gasteiger partial charge is 0.259 e. The van der Waals surface area contributed by atoms with Gasteiger partial charge in [0.05, 0.1) is 71.1 Å². The fourth-order valence-corrected chi connectivity index (χ4v) is 8.77. The average molecular weight is 865 g/mol. The van der Waals surface area contributed by atoms with Gasteiger partial charge in [-0.2, -0.15) is 20.4 Å². The summed E-state index contributed by atoms with van der Waals surface area (Å²) in [4.78, 5) is 35.1. The fraction of sp³-hybridized carbons (Fsp3) is 0.391. The highest BCUT2D eigenvalue weighted by Gasteiger charge is 2.30. The van der Waals surface area contributed by atoms with Crippen LogP contribution in [0.3, 0.4) is 0 Å². The molecule has 0 spiro atoms. The average Bonchev–Trinajstić information content (AvgIpc) is 4.10. The summed E-state index contributed by atoms with van der Waals surface area (Å²) in [5, 5.41) is 45.7. The number of nitrogens with zero attached hydrogens (tertiary/aromatic N) is 10. The Balaban J connectivity index is 0.000000143. The first-order valence-corrected chi connectivity index (χ1v) is 22.2. The molecule has 0 bridgehead atoms. The van der Waals surface area contributed by atoms with Crippen LogP contribution in [0.15, 0.2) is 86.0 Å². The van der Waals surface area contributed by atoms with Crippen molar-refractivity contribution in [2.24, 2.45) is 0 Å². The second-order valence-electron chi connectivity index (χ2n) is 17.4. The Morgan fingerprint density at radius 3 is 1.48 bits per heavy atom. The zero-order valence-corrected chi connectivity index (χ0v) is 35.0. The van der Waals surface area contributed by atoms with Crippen LogP contribution in [-0.2, 0) is 0 Å². The number of amides is 2. The van der Waals surface area contributed by atoms with Crippen LogP contribution in [0.4, 0.5) is 11.4 Å². The summed E-state index contributed by atoms with van der Waals surface area (Å²) in [5.41, 5.74) is 4.74. The summed E-state index contributed by atoms with van der Waals surface area (Å²) in [6, 6.07) is 11.3. The number of hydrogen-bond donors (Lipinski definition) is 4. The Morgan fingerprint density at radius 2 is 1.06 bits per heavy atom. The van der Waals surface area contributed by atoms with Crippen LogP contribution in [0.1, 0.15) is 110 Å². The Labute approximate surface area is 366 Å². The number of aromatic nitrogens is 10. The minimum atomic E-state index is -0.282. The number of ether oxygens (including phenoxy) is 2. The summed E-state index contributed by atoms with van der Waals surface area (Å²) in [6.07, 6.45) is 24.7. The number of aliphatic hydroxyl groups excluding tert-OH is 2. The molecule has 0 saturated heterocycles. The van der Waals surface area contributed by atoms with Crippen molar-refractivity contribution in [1.29, 1.82) is 0 Å². The van der Waals surface area contributed by atoms with E-state index in [1.807, 2.05) is 46.0 Å². The second-order valence-corrected chi connectivity index (χ2v) is 17.4. The van der Waals surface area contributed by atoms with Crippen molar-refractivity contribution < 1.29 is 29.3 Å². The molecule has 6 heterocycles. The Bertz CT molecular complexity index is 2820. The highest BCUT2D eigenvalue weighted by atomic mass is 16.5.